The van der Waals surface area contributed by atoms with Crippen molar-refractivity contribution in [3.05, 3.63) is 11.6 Å². The Hall–Kier alpha value is -1.43. The molecule has 0 aliphatic heterocycles. The normalized spacial score (nSPS) is 9.54. The molecular formula is C7H7NO4S. The van der Waals surface area contributed by atoms with Crippen molar-refractivity contribution >= 4 is 23.3 Å². The molecule has 0 amide bonds. The summed E-state index contributed by atoms with van der Waals surface area (Å²) >= 11 is 1.18. The number of rotatable bonds is 4. The van der Waals surface area contributed by atoms with Gasteiger partial charge < -0.3 is 9.84 Å². The first-order valence-corrected chi connectivity index (χ1v) is 4.38. The number of carbonyl (C=O) groups excluding carboxylic acids is 1. The first-order chi connectivity index (χ1) is 6.18. The fraction of sp³-hybridized carbons (Fsp3) is 0.286. The van der Waals surface area contributed by atoms with Gasteiger partial charge in [0, 0.05) is 11.6 Å². The molecule has 0 saturated carbocycles. The maximum absolute atomic E-state index is 10.9. The Kier molecular flexibility index (Phi) is 3.39. The van der Waals surface area contributed by atoms with E-state index in [1.165, 1.54) is 17.5 Å². The van der Waals surface area contributed by atoms with E-state index in [0.717, 1.165) is 0 Å². The largest absolute Gasteiger partial charge is 0.481 e. The molecule has 0 saturated heterocycles. The van der Waals surface area contributed by atoms with Crippen molar-refractivity contribution < 1.29 is 19.4 Å². The zero-order valence-corrected chi connectivity index (χ0v) is 7.41. The third-order valence-corrected chi connectivity index (χ3v) is 1.80. The van der Waals surface area contributed by atoms with Crippen LogP contribution in [0.15, 0.2) is 11.6 Å². The number of ether oxygens (including phenoxy) is 1. The Labute approximate surface area is 78.0 Å². The second kappa shape index (κ2) is 4.56. The van der Waals surface area contributed by atoms with Gasteiger partial charge in [0.25, 0.3) is 5.19 Å². The van der Waals surface area contributed by atoms with E-state index in [2.05, 4.69) is 4.98 Å². The van der Waals surface area contributed by atoms with E-state index >= 15 is 0 Å². The predicted octanol–water partition coefficient (Wildman–Crippen LogP) is 0.913. The molecule has 0 aliphatic rings. The van der Waals surface area contributed by atoms with Crippen LogP contribution < -0.4 is 4.74 Å². The first-order valence-electron chi connectivity index (χ1n) is 3.50. The molecule has 0 atom stereocenters. The molecule has 1 heterocycles. The molecule has 13 heavy (non-hydrogen) atoms. The van der Waals surface area contributed by atoms with Gasteiger partial charge >= 0.3 is 11.9 Å². The van der Waals surface area contributed by atoms with Gasteiger partial charge in [-0.15, -0.1) is 0 Å². The van der Waals surface area contributed by atoms with E-state index in [1.54, 1.807) is 5.38 Å². The summed E-state index contributed by atoms with van der Waals surface area (Å²) in [6.45, 7) is 0. The van der Waals surface area contributed by atoms with Crippen molar-refractivity contribution in [1.29, 1.82) is 0 Å². The Morgan fingerprint density at radius 2 is 2.31 bits per heavy atom. The average molecular weight is 201 g/mol. The number of hydrogen-bond acceptors (Lipinski definition) is 5. The van der Waals surface area contributed by atoms with Crippen LogP contribution in [0.3, 0.4) is 0 Å². The molecule has 1 aromatic rings. The van der Waals surface area contributed by atoms with Gasteiger partial charge in [0.05, 0.1) is 12.8 Å². The summed E-state index contributed by atoms with van der Waals surface area (Å²) in [5.74, 6) is -1.59. The number of aromatic nitrogens is 1. The third-order valence-electron chi connectivity index (χ3n) is 1.15. The van der Waals surface area contributed by atoms with Crippen LogP contribution >= 0.6 is 11.3 Å². The molecule has 70 valence electrons. The minimum absolute atomic E-state index is 0.130. The maximum Gasteiger partial charge on any atom is 0.313 e. The quantitative estimate of drug-likeness (QED) is 0.733. The summed E-state index contributed by atoms with van der Waals surface area (Å²) in [4.78, 5) is 24.7. The van der Waals surface area contributed by atoms with Gasteiger partial charge in [0.2, 0.25) is 0 Å². The summed E-state index contributed by atoms with van der Waals surface area (Å²) in [6, 6.07) is 0. The van der Waals surface area contributed by atoms with Crippen LogP contribution in [-0.2, 0) is 9.59 Å². The second-order valence-corrected chi connectivity index (χ2v) is 3.02. The van der Waals surface area contributed by atoms with Crippen LogP contribution in [0.4, 0.5) is 0 Å². The summed E-state index contributed by atoms with van der Waals surface area (Å²) < 4.78 is 4.71. The average Bonchev–Trinajstić information content (AvgIpc) is 2.53. The monoisotopic (exact) mass is 201 g/mol. The smallest absolute Gasteiger partial charge is 0.313 e. The topological polar surface area (TPSA) is 76.5 Å². The van der Waals surface area contributed by atoms with Crippen molar-refractivity contribution in [2.45, 2.75) is 12.8 Å². The maximum atomic E-state index is 10.9. The molecule has 0 spiro atoms. The zero-order chi connectivity index (χ0) is 9.68. The van der Waals surface area contributed by atoms with Gasteiger partial charge in [0.15, 0.2) is 0 Å². The van der Waals surface area contributed by atoms with Crippen LogP contribution in [0.2, 0.25) is 0 Å². The molecule has 0 bridgehead atoms. The highest BCUT2D eigenvalue weighted by atomic mass is 32.1. The number of carboxylic acid groups (broad SMARTS) is 1. The van der Waals surface area contributed by atoms with E-state index in [0.29, 0.717) is 0 Å². The molecule has 0 unspecified atom stereocenters. The van der Waals surface area contributed by atoms with Crippen molar-refractivity contribution in [2.24, 2.45) is 0 Å². The molecule has 1 aromatic heterocycles. The first kappa shape index (κ1) is 9.66. The molecule has 0 aromatic carbocycles. The Morgan fingerprint density at radius 3 is 2.85 bits per heavy atom. The lowest BCUT2D eigenvalue weighted by atomic mass is 10.3. The number of nitrogens with zero attached hydrogens (tertiary/aromatic N) is 1. The summed E-state index contributed by atoms with van der Waals surface area (Å²) in [7, 11) is 0. The van der Waals surface area contributed by atoms with Crippen molar-refractivity contribution in [2.75, 3.05) is 0 Å². The van der Waals surface area contributed by atoms with E-state index in [9.17, 15) is 9.59 Å². The van der Waals surface area contributed by atoms with Gasteiger partial charge in [-0.1, -0.05) is 11.3 Å². The molecule has 1 rings (SSSR count). The summed E-state index contributed by atoms with van der Waals surface area (Å²) in [5, 5.41) is 10.2. The molecule has 5 nitrogen and oxygen atoms in total. The summed E-state index contributed by atoms with van der Waals surface area (Å²) in [6.07, 6.45) is 1.16. The molecule has 0 aliphatic carbocycles. The Balaban J connectivity index is 2.30. The predicted molar refractivity (Wildman–Crippen MR) is 44.6 cm³/mol. The van der Waals surface area contributed by atoms with Crippen LogP contribution in [0.5, 0.6) is 5.19 Å². The van der Waals surface area contributed by atoms with E-state index in [4.69, 9.17) is 9.84 Å². The van der Waals surface area contributed by atoms with Crippen LogP contribution in [0, 0.1) is 0 Å². The molecular weight excluding hydrogens is 194 g/mol. The molecule has 0 fully saturated rings. The van der Waals surface area contributed by atoms with Crippen LogP contribution in [0.1, 0.15) is 12.8 Å². The number of carbonyl (C=O) groups is 2. The number of hydrogen-bond donors (Lipinski definition) is 1. The lowest BCUT2D eigenvalue weighted by Gasteiger charge is -1.96. The van der Waals surface area contributed by atoms with Gasteiger partial charge in [-0.3, -0.25) is 9.59 Å². The molecule has 1 N–H and O–H groups in total. The Bertz CT molecular complexity index is 295. The lowest BCUT2D eigenvalue weighted by molar-refractivity contribution is -0.142. The van der Waals surface area contributed by atoms with Gasteiger partial charge in [-0.2, -0.15) is 0 Å². The highest BCUT2D eigenvalue weighted by Crippen LogP contribution is 2.14. The van der Waals surface area contributed by atoms with E-state index < -0.39 is 11.9 Å². The SMILES string of the molecule is O=C(O)CCC(=O)Oc1nccs1. The van der Waals surface area contributed by atoms with Crippen LogP contribution in [-0.4, -0.2) is 22.0 Å². The van der Waals surface area contributed by atoms with E-state index in [-0.39, 0.29) is 18.0 Å². The second-order valence-electron chi connectivity index (χ2n) is 2.17. The minimum Gasteiger partial charge on any atom is -0.481 e. The fourth-order valence-corrected chi connectivity index (χ4v) is 1.12. The van der Waals surface area contributed by atoms with Gasteiger partial charge in [0.1, 0.15) is 0 Å². The van der Waals surface area contributed by atoms with Gasteiger partial charge in [-0.05, 0) is 0 Å². The number of carboxylic acids is 1. The number of thiazole rings is 1. The minimum atomic E-state index is -1.02. The molecule has 6 heteroatoms. The summed E-state index contributed by atoms with van der Waals surface area (Å²) in [5.41, 5.74) is 0. The fourth-order valence-electron chi connectivity index (χ4n) is 0.618. The number of aliphatic carboxylic acids is 1. The number of esters is 1. The van der Waals surface area contributed by atoms with Crippen molar-refractivity contribution in [3.63, 3.8) is 0 Å². The van der Waals surface area contributed by atoms with Gasteiger partial charge in [-0.25, -0.2) is 4.98 Å². The van der Waals surface area contributed by atoms with Crippen molar-refractivity contribution in [1.82, 2.24) is 4.98 Å². The standard InChI is InChI=1S/C7H7NO4S/c9-5(10)1-2-6(11)12-7-8-3-4-13-7/h3-4H,1-2H2,(H,9,10). The molecule has 0 radical (unpaired) electrons. The lowest BCUT2D eigenvalue weighted by Crippen LogP contribution is -2.09. The highest BCUT2D eigenvalue weighted by molar-refractivity contribution is 7.11. The van der Waals surface area contributed by atoms with Crippen LogP contribution in [0.25, 0.3) is 0 Å². The van der Waals surface area contributed by atoms with E-state index in [1.807, 2.05) is 0 Å². The Morgan fingerprint density at radius 1 is 1.54 bits per heavy atom. The zero-order valence-electron chi connectivity index (χ0n) is 6.60. The highest BCUT2D eigenvalue weighted by Gasteiger charge is 2.08. The van der Waals surface area contributed by atoms with Crippen molar-refractivity contribution in [3.8, 4) is 5.19 Å². The third kappa shape index (κ3) is 3.66.